The lowest BCUT2D eigenvalue weighted by Crippen LogP contribution is -2.16. The highest BCUT2D eigenvalue weighted by Crippen LogP contribution is 2.27. The maximum atomic E-state index is 13.0. The molecule has 0 atom stereocenters. The Bertz CT molecular complexity index is 1470. The van der Waals surface area contributed by atoms with Crippen LogP contribution in [0.2, 0.25) is 0 Å². The predicted molar refractivity (Wildman–Crippen MR) is 133 cm³/mol. The highest BCUT2D eigenvalue weighted by molar-refractivity contribution is 8.00. The third-order valence-corrected chi connectivity index (χ3v) is 6.32. The Labute approximate surface area is 205 Å². The lowest BCUT2D eigenvalue weighted by molar-refractivity contribution is 0.101. The van der Waals surface area contributed by atoms with Gasteiger partial charge in [0.25, 0.3) is 5.91 Å². The molecule has 1 aromatic carbocycles. The molecule has 0 aliphatic heterocycles. The maximum absolute atomic E-state index is 13.0. The molecule has 0 bridgehead atoms. The molecule has 3 aromatic heterocycles. The van der Waals surface area contributed by atoms with Crippen molar-refractivity contribution in [1.82, 2.24) is 14.7 Å². The molecule has 3 heterocycles. The number of aryl methyl sites for hydroxylation is 2. The van der Waals surface area contributed by atoms with Crippen LogP contribution in [0.15, 0.2) is 58.1 Å². The monoisotopic (exact) mass is 486 g/mol. The van der Waals surface area contributed by atoms with Crippen molar-refractivity contribution in [3.8, 4) is 11.9 Å². The third-order valence-electron chi connectivity index (χ3n) is 5.33. The first-order chi connectivity index (χ1) is 16.8. The number of pyridine rings is 1. The number of amides is 1. The van der Waals surface area contributed by atoms with Crippen molar-refractivity contribution < 1.29 is 14.1 Å². The number of nitrogen functional groups attached to an aromatic ring is 1. The summed E-state index contributed by atoms with van der Waals surface area (Å²) in [6, 6.07) is 15.9. The quantitative estimate of drug-likeness (QED) is 0.288. The third kappa shape index (κ3) is 4.95. The molecule has 0 unspecified atom stereocenters. The van der Waals surface area contributed by atoms with Crippen LogP contribution in [-0.4, -0.2) is 32.2 Å². The van der Waals surface area contributed by atoms with E-state index in [2.05, 4.69) is 15.5 Å². The molecule has 0 fully saturated rings. The zero-order valence-corrected chi connectivity index (χ0v) is 20.1. The Kier molecular flexibility index (Phi) is 6.71. The van der Waals surface area contributed by atoms with Gasteiger partial charge in [-0.2, -0.15) is 5.26 Å². The molecule has 1 amide bonds. The van der Waals surface area contributed by atoms with E-state index in [1.54, 1.807) is 43.3 Å². The average molecular weight is 487 g/mol. The Morgan fingerprint density at radius 3 is 2.54 bits per heavy atom. The van der Waals surface area contributed by atoms with Crippen LogP contribution in [0.1, 0.15) is 43.4 Å². The van der Waals surface area contributed by atoms with Gasteiger partial charge in [0.2, 0.25) is 0 Å². The minimum atomic E-state index is -0.471. The summed E-state index contributed by atoms with van der Waals surface area (Å²) >= 11 is 1.10. The number of benzene rings is 1. The van der Waals surface area contributed by atoms with Gasteiger partial charge >= 0.3 is 0 Å². The van der Waals surface area contributed by atoms with Crippen LogP contribution in [-0.2, 0) is 0 Å². The number of carbonyl (C=O) groups is 2. The highest BCUT2D eigenvalue weighted by Gasteiger charge is 2.21. The number of nitrogens with zero attached hydrogens (tertiary/aromatic N) is 4. The molecule has 0 aliphatic rings. The Balaban J connectivity index is 1.52. The van der Waals surface area contributed by atoms with Crippen molar-refractivity contribution in [2.45, 2.75) is 25.8 Å². The van der Waals surface area contributed by atoms with E-state index in [9.17, 15) is 14.9 Å². The molecule has 0 aliphatic carbocycles. The molecule has 0 spiro atoms. The Morgan fingerprint density at radius 1 is 1.14 bits per heavy atom. The molecule has 4 rings (SSSR count). The molecule has 9 nitrogen and oxygen atoms in total. The molecule has 35 heavy (non-hydrogen) atoms. The normalized spacial score (nSPS) is 10.7. The summed E-state index contributed by atoms with van der Waals surface area (Å²) in [7, 11) is 0. The smallest absolute Gasteiger partial charge is 0.259 e. The number of rotatable bonds is 7. The number of nitrogens with two attached hydrogens (primary N) is 1. The van der Waals surface area contributed by atoms with Crippen LogP contribution in [0.4, 0.5) is 11.5 Å². The first-order valence-electron chi connectivity index (χ1n) is 10.6. The molecule has 10 heteroatoms. The van der Waals surface area contributed by atoms with Crippen LogP contribution < -0.4 is 11.1 Å². The first-order valence-corrected chi connectivity index (χ1v) is 11.6. The first kappa shape index (κ1) is 23.8. The molecule has 176 valence electrons. The second-order valence-electron chi connectivity index (χ2n) is 7.83. The average Bonchev–Trinajstić information content (AvgIpc) is 3.39. The van der Waals surface area contributed by atoms with E-state index in [1.165, 1.54) is 6.07 Å². The van der Waals surface area contributed by atoms with Gasteiger partial charge in [-0.25, -0.2) is 4.98 Å². The molecule has 3 N–H and O–H groups in total. The van der Waals surface area contributed by atoms with Crippen molar-refractivity contribution >= 4 is 35.0 Å². The highest BCUT2D eigenvalue weighted by atomic mass is 32.2. The van der Waals surface area contributed by atoms with E-state index in [-0.39, 0.29) is 33.5 Å². The van der Waals surface area contributed by atoms with Crippen LogP contribution in [0, 0.1) is 32.1 Å². The van der Waals surface area contributed by atoms with E-state index in [1.807, 2.05) is 30.6 Å². The van der Waals surface area contributed by atoms with Gasteiger partial charge in [0.05, 0.1) is 16.9 Å². The van der Waals surface area contributed by atoms with E-state index in [0.717, 1.165) is 23.1 Å². The molecular formula is C25H22N6O3S. The van der Waals surface area contributed by atoms with Crippen molar-refractivity contribution in [1.29, 1.82) is 5.26 Å². The Hall–Kier alpha value is -4.36. The molecular weight excluding hydrogens is 464 g/mol. The van der Waals surface area contributed by atoms with Crippen molar-refractivity contribution in [2.24, 2.45) is 0 Å². The lowest BCUT2D eigenvalue weighted by Gasteiger charge is -2.10. The summed E-state index contributed by atoms with van der Waals surface area (Å²) in [5, 5.41) is 16.7. The van der Waals surface area contributed by atoms with Gasteiger partial charge in [0, 0.05) is 28.7 Å². The topological polar surface area (TPSA) is 140 Å². The summed E-state index contributed by atoms with van der Waals surface area (Å²) in [6.45, 7) is 5.53. The minimum Gasteiger partial charge on any atom is -0.383 e. The van der Waals surface area contributed by atoms with Gasteiger partial charge in [-0.05, 0) is 45.0 Å². The fourth-order valence-corrected chi connectivity index (χ4v) is 4.52. The summed E-state index contributed by atoms with van der Waals surface area (Å²) in [5.41, 5.74) is 9.01. The SMILES string of the molecule is Cc1cc(-n2c(C)cc(C(=O)CSc3nc(N)c(C(=O)Nc4ccccc4)cc3C#N)c2C)no1. The van der Waals surface area contributed by atoms with Gasteiger partial charge in [0.1, 0.15) is 22.7 Å². The summed E-state index contributed by atoms with van der Waals surface area (Å²) in [5.74, 6) is 0.690. The van der Waals surface area contributed by atoms with Crippen LogP contribution >= 0.6 is 11.8 Å². The zero-order chi connectivity index (χ0) is 25.1. The number of anilines is 2. The Morgan fingerprint density at radius 2 is 1.89 bits per heavy atom. The second kappa shape index (κ2) is 9.87. The number of hydrogen-bond acceptors (Lipinski definition) is 8. The maximum Gasteiger partial charge on any atom is 0.259 e. The predicted octanol–water partition coefficient (Wildman–Crippen LogP) is 4.47. The van der Waals surface area contributed by atoms with Gasteiger partial charge < -0.3 is 15.6 Å². The van der Waals surface area contributed by atoms with Gasteiger partial charge in [-0.3, -0.25) is 14.2 Å². The molecule has 0 saturated heterocycles. The second-order valence-corrected chi connectivity index (χ2v) is 8.80. The fraction of sp³-hybridized carbons (Fsp3) is 0.160. The number of carbonyl (C=O) groups excluding carboxylic acids is 2. The summed E-state index contributed by atoms with van der Waals surface area (Å²) in [4.78, 5) is 29.9. The van der Waals surface area contributed by atoms with Crippen LogP contribution in [0.3, 0.4) is 0 Å². The number of nitriles is 1. The van der Waals surface area contributed by atoms with Gasteiger partial charge in [-0.1, -0.05) is 35.1 Å². The van der Waals surface area contributed by atoms with Crippen LogP contribution in [0.25, 0.3) is 5.82 Å². The number of Topliss-reactive ketones (excluding diaryl/α,β-unsaturated/α-hetero) is 1. The molecule has 0 radical (unpaired) electrons. The number of thioether (sulfide) groups is 1. The van der Waals surface area contributed by atoms with Crippen molar-refractivity contribution in [3.05, 3.63) is 82.4 Å². The summed E-state index contributed by atoms with van der Waals surface area (Å²) < 4.78 is 7.01. The standard InChI is InChI=1S/C25H22N6O3S/c1-14-9-19(16(3)31(14)22-10-15(2)34-30-22)21(32)13-35-25-17(12-26)11-20(23(27)29-25)24(33)28-18-7-5-4-6-8-18/h4-11H,13H2,1-3H3,(H2,27,29)(H,28,33). The lowest BCUT2D eigenvalue weighted by atomic mass is 10.2. The fourth-order valence-electron chi connectivity index (χ4n) is 3.67. The molecule has 0 saturated carbocycles. The zero-order valence-electron chi connectivity index (χ0n) is 19.3. The number of ketones is 1. The summed E-state index contributed by atoms with van der Waals surface area (Å²) in [6.07, 6.45) is 0. The minimum absolute atomic E-state index is 0.0213. The number of nitrogens with one attached hydrogen (secondary N) is 1. The van der Waals surface area contributed by atoms with Crippen molar-refractivity contribution in [3.63, 3.8) is 0 Å². The van der Waals surface area contributed by atoms with Gasteiger partial charge in [0.15, 0.2) is 11.6 Å². The number of hydrogen-bond donors (Lipinski definition) is 2. The van der Waals surface area contributed by atoms with E-state index >= 15 is 0 Å². The van der Waals surface area contributed by atoms with Gasteiger partial charge in [-0.15, -0.1) is 0 Å². The van der Waals surface area contributed by atoms with E-state index in [4.69, 9.17) is 10.3 Å². The number of para-hydroxylation sites is 1. The molecule has 4 aromatic rings. The van der Waals surface area contributed by atoms with Crippen LogP contribution in [0.5, 0.6) is 0 Å². The van der Waals surface area contributed by atoms with E-state index < -0.39 is 5.91 Å². The largest absolute Gasteiger partial charge is 0.383 e. The van der Waals surface area contributed by atoms with E-state index in [0.29, 0.717) is 22.8 Å². The van der Waals surface area contributed by atoms with Crippen molar-refractivity contribution in [2.75, 3.05) is 16.8 Å². The number of aromatic nitrogens is 3.